The van der Waals surface area contributed by atoms with Crippen molar-refractivity contribution in [1.82, 2.24) is 10.2 Å². The van der Waals surface area contributed by atoms with E-state index < -0.39 is 0 Å². The summed E-state index contributed by atoms with van der Waals surface area (Å²) >= 11 is 7.17. The number of thioether (sulfide) groups is 1. The van der Waals surface area contributed by atoms with Crippen LogP contribution in [0.15, 0.2) is 64.2 Å². The molecule has 23 heavy (non-hydrogen) atoms. The van der Waals surface area contributed by atoms with Crippen LogP contribution >= 0.6 is 23.4 Å². The standard InChI is InChI=1S/C16H12ClN3O2S/c17-12-5-3-11(4-6-12)13-7-8-16(20-19-13)23-10-14(21)18-15-2-1-9-22-15/h1-9H,10H2,(H,18,21). The first-order valence-corrected chi connectivity index (χ1v) is 8.13. The van der Waals surface area contributed by atoms with E-state index in [1.165, 1.54) is 18.0 Å². The molecule has 0 aliphatic carbocycles. The Morgan fingerprint density at radius 2 is 1.96 bits per heavy atom. The van der Waals surface area contributed by atoms with Crippen molar-refractivity contribution >= 4 is 35.2 Å². The van der Waals surface area contributed by atoms with E-state index in [-0.39, 0.29) is 11.7 Å². The van der Waals surface area contributed by atoms with Gasteiger partial charge in [0.1, 0.15) is 5.03 Å². The lowest BCUT2D eigenvalue weighted by atomic mass is 10.1. The fourth-order valence-corrected chi connectivity index (χ4v) is 2.57. The number of nitrogens with one attached hydrogen (secondary N) is 1. The van der Waals surface area contributed by atoms with Crippen molar-refractivity contribution in [3.05, 3.63) is 59.8 Å². The second-order valence-corrected chi connectivity index (χ2v) is 6.01. The number of carbonyl (C=O) groups is 1. The lowest BCUT2D eigenvalue weighted by Crippen LogP contribution is -2.13. The largest absolute Gasteiger partial charge is 0.449 e. The molecule has 1 aromatic carbocycles. The third-order valence-corrected chi connectivity index (χ3v) is 4.09. The first-order chi connectivity index (χ1) is 11.2. The molecule has 7 heteroatoms. The molecule has 0 bridgehead atoms. The van der Waals surface area contributed by atoms with Crippen LogP contribution in [-0.2, 0) is 4.79 Å². The van der Waals surface area contributed by atoms with Gasteiger partial charge >= 0.3 is 0 Å². The second-order valence-electron chi connectivity index (χ2n) is 4.58. The number of furan rings is 1. The van der Waals surface area contributed by atoms with Gasteiger partial charge in [-0.1, -0.05) is 35.5 Å². The number of halogens is 1. The Morgan fingerprint density at radius 1 is 1.13 bits per heavy atom. The summed E-state index contributed by atoms with van der Waals surface area (Å²) in [5.74, 6) is 0.503. The van der Waals surface area contributed by atoms with Crippen LogP contribution in [0.25, 0.3) is 11.3 Å². The first kappa shape index (κ1) is 15.6. The van der Waals surface area contributed by atoms with Crippen molar-refractivity contribution in [1.29, 1.82) is 0 Å². The predicted molar refractivity (Wildman–Crippen MR) is 90.5 cm³/mol. The molecular weight excluding hydrogens is 334 g/mol. The van der Waals surface area contributed by atoms with Crippen LogP contribution in [0.4, 0.5) is 5.88 Å². The number of hydrogen-bond donors (Lipinski definition) is 1. The number of rotatable bonds is 5. The summed E-state index contributed by atoms with van der Waals surface area (Å²) in [5.41, 5.74) is 1.69. The lowest BCUT2D eigenvalue weighted by Gasteiger charge is -2.03. The van der Waals surface area contributed by atoms with Crippen LogP contribution in [0.1, 0.15) is 0 Å². The van der Waals surface area contributed by atoms with Gasteiger partial charge in [-0.15, -0.1) is 10.2 Å². The topological polar surface area (TPSA) is 68.0 Å². The van der Waals surface area contributed by atoms with Gasteiger partial charge in [0.05, 0.1) is 17.7 Å². The fourth-order valence-electron chi connectivity index (χ4n) is 1.83. The SMILES string of the molecule is O=C(CSc1ccc(-c2ccc(Cl)cc2)nn1)Nc1ccco1. The average Bonchev–Trinajstić information content (AvgIpc) is 3.07. The maximum atomic E-state index is 11.8. The molecular formula is C16H12ClN3O2S. The zero-order valence-electron chi connectivity index (χ0n) is 11.9. The van der Waals surface area contributed by atoms with Crippen molar-refractivity contribution in [3.8, 4) is 11.3 Å². The molecule has 3 aromatic rings. The third kappa shape index (κ3) is 4.34. The molecule has 0 fully saturated rings. The highest BCUT2D eigenvalue weighted by Crippen LogP contribution is 2.21. The van der Waals surface area contributed by atoms with E-state index in [0.717, 1.165) is 11.3 Å². The Bertz CT molecular complexity index is 774. The summed E-state index contributed by atoms with van der Waals surface area (Å²) in [4.78, 5) is 11.8. The van der Waals surface area contributed by atoms with Crippen LogP contribution in [0, 0.1) is 0 Å². The van der Waals surface area contributed by atoms with E-state index in [9.17, 15) is 4.79 Å². The van der Waals surface area contributed by atoms with Gasteiger partial charge in [-0.05, 0) is 30.3 Å². The first-order valence-electron chi connectivity index (χ1n) is 6.76. The highest BCUT2D eigenvalue weighted by atomic mass is 35.5. The molecule has 0 radical (unpaired) electrons. The zero-order chi connectivity index (χ0) is 16.1. The molecule has 0 saturated heterocycles. The van der Waals surface area contributed by atoms with E-state index in [2.05, 4.69) is 15.5 Å². The number of hydrogen-bond acceptors (Lipinski definition) is 5. The molecule has 1 N–H and O–H groups in total. The molecule has 1 amide bonds. The Morgan fingerprint density at radius 3 is 2.61 bits per heavy atom. The Labute approximate surface area is 142 Å². The molecule has 0 spiro atoms. The van der Waals surface area contributed by atoms with E-state index in [0.29, 0.717) is 15.9 Å². The summed E-state index contributed by atoms with van der Waals surface area (Å²) in [6.45, 7) is 0. The van der Waals surface area contributed by atoms with E-state index in [1.807, 2.05) is 24.3 Å². The van der Waals surface area contributed by atoms with E-state index in [1.54, 1.807) is 24.3 Å². The zero-order valence-corrected chi connectivity index (χ0v) is 13.5. The maximum absolute atomic E-state index is 11.8. The normalized spacial score (nSPS) is 10.5. The monoisotopic (exact) mass is 345 g/mol. The maximum Gasteiger partial charge on any atom is 0.237 e. The van der Waals surface area contributed by atoms with Gasteiger partial charge in [0.2, 0.25) is 5.91 Å². The molecule has 3 rings (SSSR count). The summed E-state index contributed by atoms with van der Waals surface area (Å²) in [6.07, 6.45) is 1.50. The third-order valence-electron chi connectivity index (χ3n) is 2.92. The minimum absolute atomic E-state index is 0.159. The second kappa shape index (κ2) is 7.30. The van der Waals surface area contributed by atoms with Crippen LogP contribution in [0.3, 0.4) is 0 Å². The van der Waals surface area contributed by atoms with Crippen molar-refractivity contribution in [2.24, 2.45) is 0 Å². The van der Waals surface area contributed by atoms with Gasteiger partial charge in [0, 0.05) is 16.7 Å². The lowest BCUT2D eigenvalue weighted by molar-refractivity contribution is -0.113. The predicted octanol–water partition coefficient (Wildman–Crippen LogP) is 4.12. The Hall–Kier alpha value is -2.31. The summed E-state index contributed by atoms with van der Waals surface area (Å²) < 4.78 is 5.05. The summed E-state index contributed by atoms with van der Waals surface area (Å²) in [5, 5.41) is 12.3. The van der Waals surface area contributed by atoms with Crippen LogP contribution in [-0.4, -0.2) is 21.9 Å². The number of benzene rings is 1. The number of amides is 1. The number of aromatic nitrogens is 2. The van der Waals surface area contributed by atoms with Crippen molar-refractivity contribution in [2.75, 3.05) is 11.1 Å². The fraction of sp³-hybridized carbons (Fsp3) is 0.0625. The molecule has 2 heterocycles. The summed E-state index contributed by atoms with van der Waals surface area (Å²) in [7, 11) is 0. The smallest absolute Gasteiger partial charge is 0.237 e. The van der Waals surface area contributed by atoms with Crippen LogP contribution in [0.2, 0.25) is 5.02 Å². The quantitative estimate of drug-likeness (QED) is 0.704. The molecule has 116 valence electrons. The van der Waals surface area contributed by atoms with Crippen molar-refractivity contribution < 1.29 is 9.21 Å². The molecule has 2 aromatic heterocycles. The van der Waals surface area contributed by atoms with Gasteiger partial charge in [-0.2, -0.15) is 0 Å². The molecule has 0 atom stereocenters. The summed E-state index contributed by atoms with van der Waals surface area (Å²) in [6, 6.07) is 14.5. The minimum atomic E-state index is -0.159. The van der Waals surface area contributed by atoms with Gasteiger partial charge in [0.25, 0.3) is 0 Å². The van der Waals surface area contributed by atoms with Crippen molar-refractivity contribution in [3.63, 3.8) is 0 Å². The number of anilines is 1. The number of carbonyl (C=O) groups excluding carboxylic acids is 1. The number of nitrogens with zero attached hydrogens (tertiary/aromatic N) is 2. The molecule has 0 aliphatic rings. The molecule has 5 nitrogen and oxygen atoms in total. The van der Waals surface area contributed by atoms with Crippen LogP contribution < -0.4 is 5.32 Å². The molecule has 0 saturated carbocycles. The van der Waals surface area contributed by atoms with Crippen LogP contribution in [0.5, 0.6) is 0 Å². The van der Waals surface area contributed by atoms with Gasteiger partial charge in [-0.3, -0.25) is 10.1 Å². The molecule has 0 aliphatic heterocycles. The highest BCUT2D eigenvalue weighted by Gasteiger charge is 2.07. The van der Waals surface area contributed by atoms with Gasteiger partial charge < -0.3 is 4.42 Å². The average molecular weight is 346 g/mol. The van der Waals surface area contributed by atoms with Gasteiger partial charge in [-0.25, -0.2) is 0 Å². The van der Waals surface area contributed by atoms with E-state index >= 15 is 0 Å². The van der Waals surface area contributed by atoms with Crippen molar-refractivity contribution in [2.45, 2.75) is 5.03 Å². The highest BCUT2D eigenvalue weighted by molar-refractivity contribution is 7.99. The Balaban J connectivity index is 1.57. The molecule has 0 unspecified atom stereocenters. The van der Waals surface area contributed by atoms with E-state index in [4.69, 9.17) is 16.0 Å². The van der Waals surface area contributed by atoms with Gasteiger partial charge in [0.15, 0.2) is 5.88 Å². The Kier molecular flexibility index (Phi) is 4.95. The minimum Gasteiger partial charge on any atom is -0.449 e.